The molecular weight excluding hydrogens is 362 g/mol. The van der Waals surface area contributed by atoms with Crippen molar-refractivity contribution in [3.05, 3.63) is 30.3 Å². The number of carbonyl (C=O) groups excluding carboxylic acids is 4. The van der Waals surface area contributed by atoms with Crippen LogP contribution in [0.3, 0.4) is 0 Å². The molecule has 2 fully saturated rings. The highest BCUT2D eigenvalue weighted by Gasteiger charge is 2.52. The smallest absolute Gasteiger partial charge is 0.326 e. The first-order valence-electron chi connectivity index (χ1n) is 9.58. The quantitative estimate of drug-likeness (QED) is 0.574. The van der Waals surface area contributed by atoms with Crippen LogP contribution in [0.2, 0.25) is 0 Å². The predicted molar refractivity (Wildman–Crippen MR) is 101 cm³/mol. The third-order valence-corrected chi connectivity index (χ3v) is 5.49. The number of esters is 1. The number of rotatable bonds is 6. The van der Waals surface area contributed by atoms with Crippen molar-refractivity contribution in [2.45, 2.75) is 44.6 Å². The van der Waals surface area contributed by atoms with E-state index in [2.05, 4.69) is 17.6 Å². The van der Waals surface area contributed by atoms with Gasteiger partial charge in [0.25, 0.3) is 11.8 Å². The molecule has 1 aliphatic carbocycles. The van der Waals surface area contributed by atoms with E-state index < -0.39 is 36.6 Å². The monoisotopic (exact) mass is 387 g/mol. The molecule has 1 aliphatic heterocycles. The van der Waals surface area contributed by atoms with Crippen LogP contribution in [-0.2, 0) is 19.1 Å². The molecule has 8 nitrogen and oxygen atoms in total. The molecule has 0 radical (unpaired) electrons. The van der Waals surface area contributed by atoms with Crippen molar-refractivity contribution in [2.75, 3.05) is 18.5 Å². The summed E-state index contributed by atoms with van der Waals surface area (Å²) in [5.74, 6) is -1.10. The van der Waals surface area contributed by atoms with Crippen LogP contribution in [0.15, 0.2) is 30.3 Å². The minimum Gasteiger partial charge on any atom is -0.454 e. The number of ether oxygens (including phenoxy) is 1. The summed E-state index contributed by atoms with van der Waals surface area (Å²) in [6.45, 7) is 1.14. The summed E-state index contributed by atoms with van der Waals surface area (Å²) in [6, 6.07) is 8.19. The summed E-state index contributed by atoms with van der Waals surface area (Å²) in [7, 11) is 0. The molecule has 1 spiro atoms. The molecule has 0 bridgehead atoms. The summed E-state index contributed by atoms with van der Waals surface area (Å²) in [4.78, 5) is 49.8. The average molecular weight is 387 g/mol. The van der Waals surface area contributed by atoms with Crippen LogP contribution in [0.5, 0.6) is 0 Å². The highest BCUT2D eigenvalue weighted by Crippen LogP contribution is 2.37. The van der Waals surface area contributed by atoms with Gasteiger partial charge in [0.1, 0.15) is 12.1 Å². The van der Waals surface area contributed by atoms with Gasteiger partial charge < -0.3 is 15.4 Å². The van der Waals surface area contributed by atoms with Gasteiger partial charge in [0, 0.05) is 5.69 Å². The molecule has 1 saturated carbocycles. The Morgan fingerprint density at radius 3 is 2.54 bits per heavy atom. The molecule has 1 saturated heterocycles. The van der Waals surface area contributed by atoms with Gasteiger partial charge in [-0.15, -0.1) is 0 Å². The normalized spacial score (nSPS) is 24.2. The summed E-state index contributed by atoms with van der Waals surface area (Å²) in [6.07, 6.45) is 3.97. The Labute approximate surface area is 163 Å². The Hall–Kier alpha value is -2.90. The van der Waals surface area contributed by atoms with Gasteiger partial charge in [0.15, 0.2) is 6.61 Å². The summed E-state index contributed by atoms with van der Waals surface area (Å²) in [5, 5.41) is 5.36. The van der Waals surface area contributed by atoms with E-state index >= 15 is 0 Å². The molecule has 8 heteroatoms. The van der Waals surface area contributed by atoms with E-state index in [1.807, 2.05) is 6.07 Å². The van der Waals surface area contributed by atoms with Gasteiger partial charge in [-0.1, -0.05) is 31.5 Å². The fraction of sp³-hybridized carbons (Fsp3) is 0.500. The van der Waals surface area contributed by atoms with E-state index in [0.29, 0.717) is 24.4 Å². The molecule has 150 valence electrons. The Morgan fingerprint density at radius 2 is 1.89 bits per heavy atom. The molecule has 2 N–H and O–H groups in total. The number of urea groups is 1. The number of anilines is 1. The second-order valence-corrected chi connectivity index (χ2v) is 7.33. The lowest BCUT2D eigenvalue weighted by atomic mass is 9.75. The number of benzene rings is 1. The Balaban J connectivity index is 1.49. The van der Waals surface area contributed by atoms with Crippen LogP contribution >= 0.6 is 0 Å². The Kier molecular flexibility index (Phi) is 5.96. The van der Waals surface area contributed by atoms with Crippen LogP contribution in [0.1, 0.15) is 39.0 Å². The Bertz CT molecular complexity index is 756. The van der Waals surface area contributed by atoms with Gasteiger partial charge in [-0.3, -0.25) is 19.3 Å². The van der Waals surface area contributed by atoms with E-state index in [0.717, 1.165) is 24.2 Å². The standard InChI is InChI=1S/C20H25N3O5/c1-2-14-8-10-20(11-9-14)18(26)23(19(27)22-20)12-17(25)28-13-16(24)21-15-6-4-3-5-7-15/h3-7,14H,2,8-13H2,1H3,(H,21,24)(H,22,27). The first-order chi connectivity index (χ1) is 13.4. The fourth-order valence-corrected chi connectivity index (χ4v) is 3.78. The molecule has 28 heavy (non-hydrogen) atoms. The lowest BCUT2D eigenvalue weighted by Crippen LogP contribution is -2.49. The Morgan fingerprint density at radius 1 is 1.21 bits per heavy atom. The number of hydrogen-bond donors (Lipinski definition) is 2. The molecule has 1 aromatic carbocycles. The van der Waals surface area contributed by atoms with Crippen molar-refractivity contribution in [3.8, 4) is 0 Å². The van der Waals surface area contributed by atoms with Gasteiger partial charge >= 0.3 is 12.0 Å². The maximum atomic E-state index is 12.8. The molecule has 0 aromatic heterocycles. The summed E-state index contributed by atoms with van der Waals surface area (Å²) >= 11 is 0. The van der Waals surface area contributed by atoms with Crippen LogP contribution in [0.25, 0.3) is 0 Å². The van der Waals surface area contributed by atoms with Crippen LogP contribution < -0.4 is 10.6 Å². The minimum absolute atomic E-state index is 0.377. The zero-order chi connectivity index (χ0) is 20.1. The molecule has 3 rings (SSSR count). The predicted octanol–water partition coefficient (Wildman–Crippen LogP) is 2.06. The zero-order valence-corrected chi connectivity index (χ0v) is 15.9. The van der Waals surface area contributed by atoms with Crippen molar-refractivity contribution in [3.63, 3.8) is 0 Å². The maximum Gasteiger partial charge on any atom is 0.326 e. The average Bonchev–Trinajstić information content (AvgIpc) is 2.92. The molecular formula is C20H25N3O5. The first kappa shape index (κ1) is 19.9. The van der Waals surface area contributed by atoms with E-state index in [1.54, 1.807) is 24.3 Å². The number of amides is 4. The highest BCUT2D eigenvalue weighted by atomic mass is 16.5. The number of hydrogen-bond acceptors (Lipinski definition) is 5. The van der Waals surface area contributed by atoms with Crippen LogP contribution in [-0.4, -0.2) is 47.4 Å². The number of carbonyl (C=O) groups is 4. The van der Waals surface area contributed by atoms with Gasteiger partial charge in [-0.25, -0.2) is 4.79 Å². The molecule has 4 amide bonds. The second-order valence-electron chi connectivity index (χ2n) is 7.33. The van der Waals surface area contributed by atoms with Crippen LogP contribution in [0.4, 0.5) is 10.5 Å². The van der Waals surface area contributed by atoms with E-state index in [9.17, 15) is 19.2 Å². The van der Waals surface area contributed by atoms with Gasteiger partial charge in [0.2, 0.25) is 0 Å². The summed E-state index contributed by atoms with van der Waals surface area (Å²) < 4.78 is 4.92. The SMILES string of the molecule is CCC1CCC2(CC1)NC(=O)N(CC(=O)OCC(=O)Nc1ccccc1)C2=O. The summed E-state index contributed by atoms with van der Waals surface area (Å²) in [5.41, 5.74) is -0.310. The van der Waals surface area contributed by atoms with Gasteiger partial charge in [0.05, 0.1) is 0 Å². The molecule has 0 unspecified atom stereocenters. The van der Waals surface area contributed by atoms with Crippen molar-refractivity contribution in [1.29, 1.82) is 0 Å². The second kappa shape index (κ2) is 8.41. The number of nitrogens with one attached hydrogen (secondary N) is 2. The van der Waals surface area contributed by atoms with E-state index in [1.165, 1.54) is 0 Å². The highest BCUT2D eigenvalue weighted by molar-refractivity contribution is 6.08. The van der Waals surface area contributed by atoms with Crippen molar-refractivity contribution in [1.82, 2.24) is 10.2 Å². The number of nitrogens with zero attached hydrogens (tertiary/aromatic N) is 1. The van der Waals surface area contributed by atoms with Gasteiger partial charge in [-0.2, -0.15) is 0 Å². The first-order valence-corrected chi connectivity index (χ1v) is 9.58. The molecule has 1 heterocycles. The maximum absolute atomic E-state index is 12.8. The zero-order valence-electron chi connectivity index (χ0n) is 15.9. The minimum atomic E-state index is -0.895. The molecule has 1 aromatic rings. The fourth-order valence-electron chi connectivity index (χ4n) is 3.78. The van der Waals surface area contributed by atoms with E-state index in [-0.39, 0.29) is 5.91 Å². The lowest BCUT2D eigenvalue weighted by molar-refractivity contribution is -0.150. The van der Waals surface area contributed by atoms with Crippen LogP contribution in [0, 0.1) is 5.92 Å². The number of imide groups is 1. The topological polar surface area (TPSA) is 105 Å². The van der Waals surface area contributed by atoms with Gasteiger partial charge in [-0.05, 0) is 43.7 Å². The van der Waals surface area contributed by atoms with Crippen molar-refractivity contribution < 1.29 is 23.9 Å². The third-order valence-electron chi connectivity index (χ3n) is 5.49. The number of para-hydroxylation sites is 1. The lowest BCUT2D eigenvalue weighted by Gasteiger charge is -2.34. The third kappa shape index (κ3) is 4.32. The molecule has 0 atom stereocenters. The molecule has 2 aliphatic rings. The van der Waals surface area contributed by atoms with Crippen molar-refractivity contribution >= 4 is 29.5 Å². The van der Waals surface area contributed by atoms with Crippen molar-refractivity contribution in [2.24, 2.45) is 5.92 Å². The van der Waals surface area contributed by atoms with E-state index in [4.69, 9.17) is 4.74 Å². The largest absolute Gasteiger partial charge is 0.454 e.